The molecule has 5 nitrogen and oxygen atoms in total. The van der Waals surface area contributed by atoms with Crippen LogP contribution < -0.4 is 10.2 Å². The highest BCUT2D eigenvalue weighted by atomic mass is 35.5. The van der Waals surface area contributed by atoms with Crippen LogP contribution in [-0.4, -0.2) is 30.4 Å². The first-order valence-electron chi connectivity index (χ1n) is 13.0. The highest BCUT2D eigenvalue weighted by Crippen LogP contribution is 2.48. The molecule has 2 aliphatic heterocycles. The maximum absolute atomic E-state index is 16.2. The van der Waals surface area contributed by atoms with Crippen molar-refractivity contribution in [3.8, 4) is 0 Å². The number of carbonyl (C=O) groups is 2. The van der Waals surface area contributed by atoms with Crippen molar-refractivity contribution in [1.82, 2.24) is 10.3 Å². The molecule has 0 spiro atoms. The lowest BCUT2D eigenvalue weighted by molar-refractivity contribution is -0.137. The van der Waals surface area contributed by atoms with E-state index in [-0.39, 0.29) is 53.5 Å². The Morgan fingerprint density at radius 2 is 1.90 bits per heavy atom. The smallest absolute Gasteiger partial charge is 0.352 e. The Bertz CT molecular complexity index is 1620. The summed E-state index contributed by atoms with van der Waals surface area (Å²) < 4.78 is 74.2. The predicted octanol–water partition coefficient (Wildman–Crippen LogP) is 7.12. The van der Waals surface area contributed by atoms with Crippen LogP contribution in [0.25, 0.3) is 5.47 Å². The van der Waals surface area contributed by atoms with E-state index in [0.29, 0.717) is 33.6 Å². The molecule has 3 heterocycles. The summed E-state index contributed by atoms with van der Waals surface area (Å²) in [4.78, 5) is 29.9. The molecule has 4 bridgehead atoms. The second-order valence-electron chi connectivity index (χ2n) is 10.3. The van der Waals surface area contributed by atoms with Gasteiger partial charge < -0.3 is 15.0 Å². The lowest BCUT2D eigenvalue weighted by Gasteiger charge is -2.27. The maximum Gasteiger partial charge on any atom is 0.416 e. The Hall–Kier alpha value is -3.51. The molecule has 0 radical (unpaired) electrons. The van der Waals surface area contributed by atoms with Crippen molar-refractivity contribution in [2.75, 3.05) is 11.4 Å². The van der Waals surface area contributed by atoms with E-state index in [1.807, 2.05) is 0 Å². The van der Waals surface area contributed by atoms with Gasteiger partial charge in [-0.1, -0.05) is 29.2 Å². The van der Waals surface area contributed by atoms with E-state index in [0.717, 1.165) is 17.7 Å². The van der Waals surface area contributed by atoms with Gasteiger partial charge in [-0.2, -0.15) is 13.2 Å². The van der Waals surface area contributed by atoms with Gasteiger partial charge in [0, 0.05) is 47.1 Å². The molecule has 0 saturated heterocycles. The van der Waals surface area contributed by atoms with Crippen LogP contribution in [0.3, 0.4) is 0 Å². The first-order valence-corrected chi connectivity index (χ1v) is 14.2. The molecule has 1 aromatic heterocycles. The summed E-state index contributed by atoms with van der Waals surface area (Å²) in [6, 6.07) is 9.13. The first kappa shape index (κ1) is 30.0. The molecule has 42 heavy (non-hydrogen) atoms. The number of aryl methyl sites for hydroxylation is 1. The average molecular weight is 620 g/mol. The van der Waals surface area contributed by atoms with Crippen molar-refractivity contribution in [2.45, 2.75) is 45.4 Å². The van der Waals surface area contributed by atoms with Gasteiger partial charge in [0.25, 0.3) is 12.6 Å². The molecule has 0 fully saturated rings. The number of fused-ring (bicyclic) bond motifs is 6. The highest BCUT2D eigenvalue weighted by Gasteiger charge is 2.52. The monoisotopic (exact) mass is 619 g/mol. The molecule has 1 N–H and O–H groups in total. The van der Waals surface area contributed by atoms with Crippen LogP contribution in [0.5, 0.6) is 0 Å². The number of thiazole rings is 1. The Balaban J connectivity index is 1.58. The van der Waals surface area contributed by atoms with Crippen molar-refractivity contribution in [1.29, 1.82) is 0 Å². The molecule has 0 unspecified atom stereocenters. The fraction of sp³-hybridized carbons (Fsp3) is 0.276. The van der Waals surface area contributed by atoms with E-state index >= 15 is 8.78 Å². The third kappa shape index (κ3) is 5.74. The SMILES string of the molecule is CC1=C(Cl)C=C2B1C(F)(F)c1cc(cc(C(F)(F)F)c1)CN(Cc1ccc(C(=O)NCCC=O)cc1)c1nc2c(C)s1. The summed E-state index contributed by atoms with van der Waals surface area (Å²) >= 11 is 7.58. The fourth-order valence-corrected chi connectivity index (χ4v) is 6.36. The second kappa shape index (κ2) is 11.3. The van der Waals surface area contributed by atoms with Gasteiger partial charge in [-0.05, 0) is 66.9 Å². The summed E-state index contributed by atoms with van der Waals surface area (Å²) in [5, 5.41) is 3.19. The van der Waals surface area contributed by atoms with E-state index in [1.54, 1.807) is 36.1 Å². The standard InChI is InChI=1S/C29H24BClF5N3O2S/c1-16-24(31)13-23-25-17(2)42-27(38-25)39(14-18-4-6-20(7-5-18)26(41)37-8-3-9-40)15-19-10-21(28(32,33)30(16)23)12-22(11-19)29(34,35)36/h4-7,9-13H,3,8,14-15H2,1-2H3,(H,37,41). The number of hydrogen-bond acceptors (Lipinski definition) is 5. The molecular weight excluding hydrogens is 596 g/mol. The van der Waals surface area contributed by atoms with Gasteiger partial charge in [0.15, 0.2) is 5.13 Å². The van der Waals surface area contributed by atoms with Gasteiger partial charge >= 0.3 is 6.18 Å². The van der Waals surface area contributed by atoms with Gasteiger partial charge in [0.1, 0.15) is 6.29 Å². The minimum absolute atomic E-state index is 0.0539. The largest absolute Gasteiger partial charge is 0.416 e. The van der Waals surface area contributed by atoms with E-state index in [4.69, 9.17) is 16.6 Å². The van der Waals surface area contributed by atoms with Crippen molar-refractivity contribution in [2.24, 2.45) is 0 Å². The number of hydrogen-bond donors (Lipinski definition) is 1. The fourth-order valence-electron chi connectivity index (χ4n) is 5.21. The minimum atomic E-state index is -4.84. The van der Waals surface area contributed by atoms with E-state index < -0.39 is 29.8 Å². The van der Waals surface area contributed by atoms with Crippen LogP contribution in [0.15, 0.2) is 59.0 Å². The molecule has 2 aromatic carbocycles. The Kier molecular flexibility index (Phi) is 8.06. The molecule has 2 aliphatic rings. The number of aromatic nitrogens is 1. The lowest BCUT2D eigenvalue weighted by atomic mass is 9.35. The Labute approximate surface area is 248 Å². The summed E-state index contributed by atoms with van der Waals surface area (Å²) in [7, 11) is 0. The Morgan fingerprint density at radius 1 is 1.19 bits per heavy atom. The molecular formula is C29H24BClF5N3O2S. The molecule has 5 rings (SSSR count). The van der Waals surface area contributed by atoms with Crippen LogP contribution in [0, 0.1) is 6.92 Å². The average Bonchev–Trinajstić information content (AvgIpc) is 3.46. The van der Waals surface area contributed by atoms with Crippen LogP contribution in [-0.2, 0) is 29.9 Å². The van der Waals surface area contributed by atoms with Crippen LogP contribution in [0.1, 0.15) is 56.5 Å². The van der Waals surface area contributed by atoms with Gasteiger partial charge in [0.2, 0.25) is 5.82 Å². The van der Waals surface area contributed by atoms with Gasteiger partial charge in [-0.3, -0.25) is 4.79 Å². The number of carbonyl (C=O) groups excluding carboxylic acids is 2. The van der Waals surface area contributed by atoms with E-state index in [1.165, 1.54) is 24.3 Å². The normalized spacial score (nSPS) is 16.1. The second-order valence-corrected chi connectivity index (χ2v) is 11.9. The van der Waals surface area contributed by atoms with Crippen LogP contribution >= 0.6 is 22.9 Å². The van der Waals surface area contributed by atoms with Crippen molar-refractivity contribution in [3.63, 3.8) is 0 Å². The number of benzene rings is 2. The first-order chi connectivity index (χ1) is 19.8. The van der Waals surface area contributed by atoms with E-state index in [2.05, 4.69) is 5.32 Å². The molecule has 0 saturated carbocycles. The molecule has 218 valence electrons. The van der Waals surface area contributed by atoms with Gasteiger partial charge in [-0.25, -0.2) is 13.8 Å². The number of anilines is 1. The Morgan fingerprint density at radius 3 is 2.57 bits per heavy atom. The van der Waals surface area contributed by atoms with Crippen molar-refractivity contribution < 1.29 is 31.5 Å². The zero-order chi connectivity index (χ0) is 30.4. The summed E-state index contributed by atoms with van der Waals surface area (Å²) in [6.45, 7) is 1.91. The topological polar surface area (TPSA) is 62.3 Å². The van der Waals surface area contributed by atoms with Crippen molar-refractivity contribution in [3.05, 3.63) is 97.4 Å². The van der Waals surface area contributed by atoms with Crippen molar-refractivity contribution >= 4 is 52.4 Å². The van der Waals surface area contributed by atoms with Crippen LogP contribution in [0.2, 0.25) is 0 Å². The van der Waals surface area contributed by atoms with Gasteiger partial charge in [0.05, 0.1) is 11.3 Å². The van der Waals surface area contributed by atoms with Gasteiger partial charge in [-0.15, -0.1) is 11.3 Å². The minimum Gasteiger partial charge on any atom is -0.352 e. The van der Waals surface area contributed by atoms with E-state index in [9.17, 15) is 22.8 Å². The lowest BCUT2D eigenvalue weighted by Crippen LogP contribution is -2.37. The van der Waals surface area contributed by atoms with Crippen LogP contribution in [0.4, 0.5) is 27.1 Å². The quantitative estimate of drug-likeness (QED) is 0.138. The molecule has 1 amide bonds. The third-order valence-corrected chi connectivity index (χ3v) is 8.75. The number of halogens is 6. The highest BCUT2D eigenvalue weighted by molar-refractivity contribution is 7.16. The zero-order valence-corrected chi connectivity index (χ0v) is 24.1. The number of rotatable bonds is 6. The number of nitrogens with zero attached hydrogens (tertiary/aromatic N) is 2. The molecule has 0 atom stereocenters. The predicted molar refractivity (Wildman–Crippen MR) is 154 cm³/mol. The number of amides is 1. The number of aldehydes is 1. The summed E-state index contributed by atoms with van der Waals surface area (Å²) in [6.07, 6.45) is -2.52. The summed E-state index contributed by atoms with van der Waals surface area (Å²) in [5.74, 6) is -4.05. The molecule has 13 heteroatoms. The maximum atomic E-state index is 16.2. The number of allylic oxidation sites excluding steroid dienone is 3. The third-order valence-electron chi connectivity index (χ3n) is 7.31. The number of alkyl halides is 5. The summed E-state index contributed by atoms with van der Waals surface area (Å²) in [5.41, 5.74) is -0.105. The molecule has 0 aliphatic carbocycles. The molecule has 3 aromatic rings. The zero-order valence-electron chi connectivity index (χ0n) is 22.5. The number of nitrogens with one attached hydrogen (secondary N) is 1.